The third-order valence-corrected chi connectivity index (χ3v) is 8.28. The van der Waals surface area contributed by atoms with Crippen molar-refractivity contribution in [1.82, 2.24) is 15.6 Å². The van der Waals surface area contributed by atoms with Crippen molar-refractivity contribution in [1.29, 1.82) is 0 Å². The summed E-state index contributed by atoms with van der Waals surface area (Å²) in [7, 11) is 1.29. The number of carbonyl (C=O) groups is 4. The van der Waals surface area contributed by atoms with Gasteiger partial charge in [-0.05, 0) is 85.9 Å². The lowest BCUT2D eigenvalue weighted by Gasteiger charge is -2.27. The number of rotatable bonds is 13. The largest absolute Gasteiger partial charge is 0.507 e. The second kappa shape index (κ2) is 17.0. The molecule has 0 bridgehead atoms. The van der Waals surface area contributed by atoms with E-state index >= 15 is 0 Å². The Morgan fingerprint density at radius 3 is 2.24 bits per heavy atom. The molecule has 0 fully saturated rings. The number of amides is 3. The van der Waals surface area contributed by atoms with Crippen molar-refractivity contribution >= 4 is 40.5 Å². The van der Waals surface area contributed by atoms with Crippen molar-refractivity contribution in [3.05, 3.63) is 90.1 Å². The van der Waals surface area contributed by atoms with E-state index in [9.17, 15) is 24.3 Å². The summed E-state index contributed by atoms with van der Waals surface area (Å²) in [6, 6.07) is 20.6. The van der Waals surface area contributed by atoms with Crippen LogP contribution in [-0.2, 0) is 23.9 Å². The Morgan fingerprint density at radius 2 is 1.61 bits per heavy atom. The van der Waals surface area contributed by atoms with Gasteiger partial charge in [-0.2, -0.15) is 0 Å². The number of nitrogens with zero attached hydrogens (tertiary/aromatic N) is 2. The van der Waals surface area contributed by atoms with Crippen LogP contribution in [0.15, 0.2) is 79.0 Å². The number of anilines is 1. The molecule has 2 atom stereocenters. The van der Waals surface area contributed by atoms with Crippen molar-refractivity contribution in [2.45, 2.75) is 78.5 Å². The van der Waals surface area contributed by atoms with Crippen LogP contribution in [0.1, 0.15) is 71.0 Å². The predicted molar refractivity (Wildman–Crippen MR) is 197 cm³/mol. The molecule has 0 saturated heterocycles. The zero-order chi connectivity index (χ0) is 37.3. The molecule has 4 rings (SSSR count). The average Bonchev–Trinajstić information content (AvgIpc) is 3.08. The lowest BCUT2D eigenvalue weighted by Crippen LogP contribution is -2.50. The standard InChI is InChI=1S/C40H48N4O7/c1-25(2)37(43-35(46)13-10-22-44(39(49)51-40(4,5)6)34-23-26(3)20-21-41-34)38(48)42-32(24-36(47)50-7)28-16-14-27(15-17-28)29-18-19-33(45)31-12-9-8-11-30(29)31/h8-9,11-12,14-21,23,25,32,37,45H,10,13,22,24H2,1-7H3,(H,42,48)(H,43,46)/t32-,37-/m0/s1. The first-order chi connectivity index (χ1) is 24.2. The van der Waals surface area contributed by atoms with Gasteiger partial charge in [-0.15, -0.1) is 0 Å². The Morgan fingerprint density at radius 1 is 0.922 bits per heavy atom. The van der Waals surface area contributed by atoms with E-state index in [4.69, 9.17) is 9.47 Å². The van der Waals surface area contributed by atoms with Gasteiger partial charge in [0.25, 0.3) is 0 Å². The molecule has 3 N–H and O–H groups in total. The quantitative estimate of drug-likeness (QED) is 0.127. The molecule has 0 aliphatic heterocycles. The number of hydrogen-bond donors (Lipinski definition) is 3. The highest BCUT2D eigenvalue weighted by Crippen LogP contribution is 2.34. The normalized spacial score (nSPS) is 12.5. The Balaban J connectivity index is 1.45. The van der Waals surface area contributed by atoms with E-state index in [-0.39, 0.29) is 37.0 Å². The summed E-state index contributed by atoms with van der Waals surface area (Å²) in [6.07, 6.45) is 1.26. The van der Waals surface area contributed by atoms with Gasteiger partial charge in [-0.1, -0.05) is 68.4 Å². The number of aryl methyl sites for hydroxylation is 1. The van der Waals surface area contributed by atoms with Gasteiger partial charge < -0.3 is 25.2 Å². The van der Waals surface area contributed by atoms with Gasteiger partial charge in [-0.25, -0.2) is 9.78 Å². The molecule has 1 aromatic heterocycles. The molecule has 3 amide bonds. The predicted octanol–water partition coefficient (Wildman–Crippen LogP) is 7.00. The number of benzene rings is 3. The second-order valence-electron chi connectivity index (χ2n) is 13.9. The topological polar surface area (TPSA) is 147 Å². The number of phenols is 1. The van der Waals surface area contributed by atoms with Crippen molar-refractivity contribution in [2.24, 2.45) is 5.92 Å². The Labute approximate surface area is 299 Å². The minimum atomic E-state index is -0.888. The van der Waals surface area contributed by atoms with Gasteiger partial charge in [0.15, 0.2) is 0 Å². The van der Waals surface area contributed by atoms with Crippen LogP contribution >= 0.6 is 0 Å². The molecule has 11 nitrogen and oxygen atoms in total. The molecule has 0 radical (unpaired) electrons. The van der Waals surface area contributed by atoms with Crippen LogP contribution in [0, 0.1) is 12.8 Å². The summed E-state index contributed by atoms with van der Waals surface area (Å²) in [4.78, 5) is 58.1. The molecule has 51 heavy (non-hydrogen) atoms. The number of methoxy groups -OCH3 is 1. The number of carbonyl (C=O) groups excluding carboxylic acids is 4. The number of nitrogens with one attached hydrogen (secondary N) is 2. The lowest BCUT2D eigenvalue weighted by atomic mass is 9.95. The van der Waals surface area contributed by atoms with Crippen LogP contribution in [-0.4, -0.2) is 59.3 Å². The number of aromatic nitrogens is 1. The lowest BCUT2D eigenvalue weighted by molar-refractivity contribution is -0.141. The minimum Gasteiger partial charge on any atom is -0.507 e. The van der Waals surface area contributed by atoms with Crippen LogP contribution in [0.5, 0.6) is 5.75 Å². The molecular formula is C40H48N4O7. The Kier molecular flexibility index (Phi) is 12.8. The molecule has 4 aromatic rings. The van der Waals surface area contributed by atoms with Crippen LogP contribution in [0.25, 0.3) is 21.9 Å². The Bertz CT molecular complexity index is 1850. The van der Waals surface area contributed by atoms with E-state index in [0.29, 0.717) is 17.8 Å². The van der Waals surface area contributed by atoms with Crippen molar-refractivity contribution in [2.75, 3.05) is 18.6 Å². The van der Waals surface area contributed by atoms with Gasteiger partial charge in [0.05, 0.1) is 19.6 Å². The van der Waals surface area contributed by atoms with Gasteiger partial charge in [0.1, 0.15) is 23.2 Å². The highest BCUT2D eigenvalue weighted by atomic mass is 16.6. The number of pyridine rings is 1. The molecule has 0 aliphatic rings. The van der Waals surface area contributed by atoms with Crippen LogP contribution in [0.4, 0.5) is 10.6 Å². The molecule has 11 heteroatoms. The SMILES string of the molecule is COC(=O)C[C@H](NC(=O)[C@@H](NC(=O)CCCN(C(=O)OC(C)(C)C)c1cc(C)ccn1)C(C)C)c1ccc(-c2ccc(O)c3ccccc23)cc1. The van der Waals surface area contributed by atoms with Crippen LogP contribution in [0.3, 0.4) is 0 Å². The fourth-order valence-corrected chi connectivity index (χ4v) is 5.66. The highest BCUT2D eigenvalue weighted by molar-refractivity contribution is 6.00. The maximum atomic E-state index is 13.7. The van der Waals surface area contributed by atoms with Gasteiger partial charge in [-0.3, -0.25) is 19.3 Å². The first-order valence-corrected chi connectivity index (χ1v) is 17.1. The van der Waals surface area contributed by atoms with Crippen LogP contribution < -0.4 is 15.5 Å². The maximum Gasteiger partial charge on any atom is 0.416 e. The zero-order valence-electron chi connectivity index (χ0n) is 30.4. The third-order valence-electron chi connectivity index (χ3n) is 8.28. The van der Waals surface area contributed by atoms with Gasteiger partial charge in [0, 0.05) is 24.5 Å². The molecule has 0 saturated carbocycles. The first-order valence-electron chi connectivity index (χ1n) is 17.1. The number of hydrogen-bond acceptors (Lipinski definition) is 8. The molecule has 3 aromatic carbocycles. The summed E-state index contributed by atoms with van der Waals surface area (Å²) in [5.41, 5.74) is 2.71. The number of fused-ring (bicyclic) bond motifs is 1. The van der Waals surface area contributed by atoms with Crippen LogP contribution in [0.2, 0.25) is 0 Å². The molecule has 0 aliphatic carbocycles. The third kappa shape index (κ3) is 10.5. The second-order valence-corrected chi connectivity index (χ2v) is 13.9. The molecule has 1 heterocycles. The molecule has 0 spiro atoms. The number of ether oxygens (including phenoxy) is 2. The van der Waals surface area contributed by atoms with E-state index in [2.05, 4.69) is 15.6 Å². The Hall–Kier alpha value is -5.45. The fraction of sp³-hybridized carbons (Fsp3) is 0.375. The smallest absolute Gasteiger partial charge is 0.416 e. The number of aromatic hydroxyl groups is 1. The zero-order valence-corrected chi connectivity index (χ0v) is 30.4. The summed E-state index contributed by atoms with van der Waals surface area (Å²) in [5, 5.41) is 17.8. The van der Waals surface area contributed by atoms with E-state index in [1.165, 1.54) is 12.0 Å². The van der Waals surface area contributed by atoms with Gasteiger partial charge in [0.2, 0.25) is 11.8 Å². The van der Waals surface area contributed by atoms with Gasteiger partial charge >= 0.3 is 12.1 Å². The van der Waals surface area contributed by atoms with E-state index in [0.717, 1.165) is 27.5 Å². The summed E-state index contributed by atoms with van der Waals surface area (Å²) < 4.78 is 10.5. The van der Waals surface area contributed by atoms with Crippen molar-refractivity contribution in [3.8, 4) is 16.9 Å². The van der Waals surface area contributed by atoms with Crippen molar-refractivity contribution < 1.29 is 33.8 Å². The number of phenolic OH excluding ortho intramolecular Hbond substituents is 1. The van der Waals surface area contributed by atoms with E-state index < -0.39 is 35.7 Å². The summed E-state index contributed by atoms with van der Waals surface area (Å²) in [6.45, 7) is 11.1. The number of esters is 1. The molecule has 270 valence electrons. The van der Waals surface area contributed by atoms with E-state index in [1.807, 2.05) is 81.4 Å². The maximum absolute atomic E-state index is 13.7. The molecular weight excluding hydrogens is 648 g/mol. The fourth-order valence-electron chi connectivity index (χ4n) is 5.66. The minimum absolute atomic E-state index is 0.0423. The average molecular weight is 697 g/mol. The summed E-state index contributed by atoms with van der Waals surface area (Å²) in [5.74, 6) is -0.962. The highest BCUT2D eigenvalue weighted by Gasteiger charge is 2.29. The van der Waals surface area contributed by atoms with E-state index in [1.54, 1.807) is 39.1 Å². The summed E-state index contributed by atoms with van der Waals surface area (Å²) >= 11 is 0. The molecule has 0 unspecified atom stereocenters. The van der Waals surface area contributed by atoms with Crippen molar-refractivity contribution in [3.63, 3.8) is 0 Å². The first kappa shape index (κ1) is 38.4. The monoisotopic (exact) mass is 696 g/mol.